The molecule has 3 rings (SSSR count). The fourth-order valence-corrected chi connectivity index (χ4v) is 3.10. The third kappa shape index (κ3) is 3.29. The van der Waals surface area contributed by atoms with Crippen LogP contribution in [0.25, 0.3) is 0 Å². The zero-order valence-electron chi connectivity index (χ0n) is 15.0. The van der Waals surface area contributed by atoms with Crippen LogP contribution in [0.2, 0.25) is 0 Å². The standard InChI is InChI=1S/C20H19N3O3/c1-12-8-19(16(10-21)13(2)22-12)26-11-18(24)15-4-6-17-14(9-15)5-7-20(25)23(17)3/h4,6,8-9H,5,7,11H2,1-3H3. The molecule has 6 heteroatoms. The van der Waals surface area contributed by atoms with Gasteiger partial charge in [-0.05, 0) is 44.0 Å². The maximum Gasteiger partial charge on any atom is 0.227 e. The van der Waals surface area contributed by atoms with Gasteiger partial charge in [0, 0.05) is 36.5 Å². The van der Waals surface area contributed by atoms with Crippen LogP contribution in [0.5, 0.6) is 5.75 Å². The fraction of sp³-hybridized carbons (Fsp3) is 0.300. The van der Waals surface area contributed by atoms with Crippen molar-refractivity contribution in [3.05, 3.63) is 52.3 Å². The average Bonchev–Trinajstić information content (AvgIpc) is 2.62. The summed E-state index contributed by atoms with van der Waals surface area (Å²) in [5, 5.41) is 9.26. The number of nitrogens with zero attached hydrogens (tertiary/aromatic N) is 3. The number of aryl methyl sites for hydroxylation is 3. The van der Waals surface area contributed by atoms with Gasteiger partial charge in [-0.15, -0.1) is 0 Å². The van der Waals surface area contributed by atoms with Crippen LogP contribution in [0, 0.1) is 25.2 Å². The van der Waals surface area contributed by atoms with Crippen LogP contribution in [-0.4, -0.2) is 30.3 Å². The Morgan fingerprint density at radius 1 is 1.31 bits per heavy atom. The van der Waals surface area contributed by atoms with Gasteiger partial charge in [-0.3, -0.25) is 14.6 Å². The quantitative estimate of drug-likeness (QED) is 0.793. The van der Waals surface area contributed by atoms with Gasteiger partial charge in [0.1, 0.15) is 17.4 Å². The summed E-state index contributed by atoms with van der Waals surface area (Å²) in [6, 6.07) is 9.04. The van der Waals surface area contributed by atoms with Crippen molar-refractivity contribution in [2.75, 3.05) is 18.6 Å². The predicted molar refractivity (Wildman–Crippen MR) is 96.4 cm³/mol. The summed E-state index contributed by atoms with van der Waals surface area (Å²) in [5.41, 5.74) is 4.00. The van der Waals surface area contributed by atoms with Crippen LogP contribution in [-0.2, 0) is 11.2 Å². The maximum absolute atomic E-state index is 12.5. The van der Waals surface area contributed by atoms with Gasteiger partial charge < -0.3 is 9.64 Å². The van der Waals surface area contributed by atoms with Crippen molar-refractivity contribution in [2.24, 2.45) is 0 Å². The Hall–Kier alpha value is -3.20. The molecule has 132 valence electrons. The van der Waals surface area contributed by atoms with Crippen molar-refractivity contribution in [3.63, 3.8) is 0 Å². The highest BCUT2D eigenvalue weighted by atomic mass is 16.5. The molecule has 1 aromatic heterocycles. The van der Waals surface area contributed by atoms with Gasteiger partial charge in [0.2, 0.25) is 5.91 Å². The SMILES string of the molecule is Cc1cc(OCC(=O)c2ccc3c(c2)CCC(=O)N3C)c(C#N)c(C)n1. The molecule has 0 radical (unpaired) electrons. The van der Waals surface area contributed by atoms with Crippen LogP contribution in [0.15, 0.2) is 24.3 Å². The molecule has 1 aromatic carbocycles. The number of carbonyl (C=O) groups excluding carboxylic acids is 2. The van der Waals surface area contributed by atoms with Crippen LogP contribution in [0.1, 0.15) is 39.3 Å². The van der Waals surface area contributed by atoms with E-state index in [4.69, 9.17) is 4.74 Å². The van der Waals surface area contributed by atoms with E-state index in [1.54, 1.807) is 37.1 Å². The first-order valence-corrected chi connectivity index (χ1v) is 8.34. The Morgan fingerprint density at radius 2 is 2.08 bits per heavy atom. The first kappa shape index (κ1) is 17.6. The van der Waals surface area contributed by atoms with Gasteiger partial charge in [-0.1, -0.05) is 0 Å². The second kappa shape index (κ2) is 6.96. The summed E-state index contributed by atoms with van der Waals surface area (Å²) < 4.78 is 5.61. The summed E-state index contributed by atoms with van der Waals surface area (Å²) in [6.45, 7) is 3.39. The second-order valence-electron chi connectivity index (χ2n) is 6.34. The molecular weight excluding hydrogens is 330 g/mol. The number of benzene rings is 1. The van der Waals surface area contributed by atoms with Gasteiger partial charge in [0.05, 0.1) is 5.69 Å². The van der Waals surface area contributed by atoms with Crippen LogP contribution >= 0.6 is 0 Å². The number of carbonyl (C=O) groups is 2. The first-order chi connectivity index (χ1) is 12.4. The molecule has 0 unspecified atom stereocenters. The lowest BCUT2D eigenvalue weighted by Gasteiger charge is -2.26. The molecule has 26 heavy (non-hydrogen) atoms. The van der Waals surface area contributed by atoms with E-state index in [9.17, 15) is 14.9 Å². The van der Waals surface area contributed by atoms with Gasteiger partial charge >= 0.3 is 0 Å². The van der Waals surface area contributed by atoms with Gasteiger partial charge in [-0.25, -0.2) is 0 Å². The molecule has 0 fully saturated rings. The Kier molecular flexibility index (Phi) is 4.72. The van der Waals surface area contributed by atoms with Crippen molar-refractivity contribution in [3.8, 4) is 11.8 Å². The summed E-state index contributed by atoms with van der Waals surface area (Å²) >= 11 is 0. The highest BCUT2D eigenvalue weighted by Crippen LogP contribution is 2.28. The largest absolute Gasteiger partial charge is 0.484 e. The van der Waals surface area contributed by atoms with E-state index >= 15 is 0 Å². The molecule has 0 saturated heterocycles. The van der Waals surface area contributed by atoms with Crippen molar-refractivity contribution in [2.45, 2.75) is 26.7 Å². The second-order valence-corrected chi connectivity index (χ2v) is 6.34. The minimum atomic E-state index is -0.177. The zero-order chi connectivity index (χ0) is 18.8. The monoisotopic (exact) mass is 349 g/mol. The van der Waals surface area contributed by atoms with Gasteiger partial charge in [0.15, 0.2) is 12.4 Å². The third-order valence-corrected chi connectivity index (χ3v) is 4.51. The number of rotatable bonds is 4. The number of anilines is 1. The summed E-state index contributed by atoms with van der Waals surface area (Å²) in [4.78, 5) is 30.1. The summed E-state index contributed by atoms with van der Waals surface area (Å²) in [5.74, 6) is 0.268. The molecule has 0 atom stereocenters. The summed E-state index contributed by atoms with van der Waals surface area (Å²) in [7, 11) is 1.74. The molecule has 0 bridgehead atoms. The smallest absolute Gasteiger partial charge is 0.227 e. The number of hydrogen-bond donors (Lipinski definition) is 0. The van der Waals surface area contributed by atoms with E-state index in [1.165, 1.54) is 0 Å². The number of pyridine rings is 1. The molecular formula is C20H19N3O3. The van der Waals surface area contributed by atoms with E-state index in [0.29, 0.717) is 35.4 Å². The van der Waals surface area contributed by atoms with Crippen molar-refractivity contribution in [1.82, 2.24) is 4.98 Å². The van der Waals surface area contributed by atoms with E-state index in [-0.39, 0.29) is 18.3 Å². The van der Waals surface area contributed by atoms with Crippen LogP contribution < -0.4 is 9.64 Å². The number of amides is 1. The van der Waals surface area contributed by atoms with Crippen molar-refractivity contribution >= 4 is 17.4 Å². The van der Waals surface area contributed by atoms with Crippen LogP contribution in [0.3, 0.4) is 0 Å². The number of nitriles is 1. The highest BCUT2D eigenvalue weighted by molar-refractivity contribution is 6.00. The first-order valence-electron chi connectivity index (χ1n) is 8.34. The number of ether oxygens (including phenoxy) is 1. The van der Waals surface area contributed by atoms with Crippen molar-refractivity contribution < 1.29 is 14.3 Å². The normalized spacial score (nSPS) is 13.2. The lowest BCUT2D eigenvalue weighted by molar-refractivity contribution is -0.118. The Bertz CT molecular complexity index is 944. The number of hydrogen-bond acceptors (Lipinski definition) is 5. The van der Waals surface area contributed by atoms with Gasteiger partial charge in [-0.2, -0.15) is 5.26 Å². The molecule has 2 aromatic rings. The van der Waals surface area contributed by atoms with Crippen LogP contribution in [0.4, 0.5) is 5.69 Å². The minimum Gasteiger partial charge on any atom is -0.484 e. The number of fused-ring (bicyclic) bond motifs is 1. The molecule has 1 aliphatic heterocycles. The number of aromatic nitrogens is 1. The molecule has 2 heterocycles. The Labute approximate surface area is 152 Å². The lowest BCUT2D eigenvalue weighted by Crippen LogP contribution is -2.31. The third-order valence-electron chi connectivity index (χ3n) is 4.51. The maximum atomic E-state index is 12.5. The van der Waals surface area contributed by atoms with E-state index in [0.717, 1.165) is 16.9 Å². The van der Waals surface area contributed by atoms with E-state index in [2.05, 4.69) is 11.1 Å². The molecule has 0 spiro atoms. The molecule has 1 amide bonds. The Balaban J connectivity index is 1.78. The topological polar surface area (TPSA) is 83.3 Å². The molecule has 1 aliphatic rings. The zero-order valence-corrected chi connectivity index (χ0v) is 15.0. The molecule has 0 saturated carbocycles. The van der Waals surface area contributed by atoms with E-state index in [1.807, 2.05) is 13.0 Å². The van der Waals surface area contributed by atoms with Crippen molar-refractivity contribution in [1.29, 1.82) is 5.26 Å². The summed E-state index contributed by atoms with van der Waals surface area (Å²) in [6.07, 6.45) is 1.07. The minimum absolute atomic E-state index is 0.0763. The lowest BCUT2D eigenvalue weighted by atomic mass is 9.98. The molecule has 6 nitrogen and oxygen atoms in total. The Morgan fingerprint density at radius 3 is 2.81 bits per heavy atom. The van der Waals surface area contributed by atoms with E-state index < -0.39 is 0 Å². The highest BCUT2D eigenvalue weighted by Gasteiger charge is 2.22. The number of ketones is 1. The van der Waals surface area contributed by atoms with Gasteiger partial charge in [0.25, 0.3) is 0 Å². The molecule has 0 aliphatic carbocycles. The molecule has 0 N–H and O–H groups in total. The number of Topliss-reactive ketones (excluding diaryl/α,β-unsaturated/α-hetero) is 1. The fourth-order valence-electron chi connectivity index (χ4n) is 3.10. The average molecular weight is 349 g/mol. The predicted octanol–water partition coefficient (Wildman–Crippen LogP) is 2.74.